The predicted molar refractivity (Wildman–Crippen MR) is 91.9 cm³/mol. The van der Waals surface area contributed by atoms with Gasteiger partial charge in [0.05, 0.1) is 24.4 Å². The van der Waals surface area contributed by atoms with Gasteiger partial charge in [-0.1, -0.05) is 0 Å². The summed E-state index contributed by atoms with van der Waals surface area (Å²) in [7, 11) is 0. The molecule has 1 N–H and O–H groups in total. The molecule has 0 saturated carbocycles. The maximum atomic E-state index is 9.51. The van der Waals surface area contributed by atoms with Crippen molar-refractivity contribution in [3.05, 3.63) is 40.8 Å². The van der Waals surface area contributed by atoms with Crippen LogP contribution in [-0.4, -0.2) is 39.6 Å². The van der Waals surface area contributed by atoms with E-state index >= 15 is 0 Å². The quantitative estimate of drug-likeness (QED) is 0.932. The van der Waals surface area contributed by atoms with Gasteiger partial charge in [0.1, 0.15) is 11.9 Å². The summed E-state index contributed by atoms with van der Waals surface area (Å²) < 4.78 is 1.78. The first-order valence-corrected chi connectivity index (χ1v) is 8.40. The highest BCUT2D eigenvalue weighted by molar-refractivity contribution is 5.58. The fourth-order valence-electron chi connectivity index (χ4n) is 3.42. The van der Waals surface area contributed by atoms with Crippen molar-refractivity contribution in [2.75, 3.05) is 24.6 Å². The molecular weight excluding hydrogens is 302 g/mol. The van der Waals surface area contributed by atoms with Crippen LogP contribution in [0.25, 0.3) is 0 Å². The number of anilines is 1. The van der Waals surface area contributed by atoms with Crippen molar-refractivity contribution in [3.63, 3.8) is 0 Å². The van der Waals surface area contributed by atoms with E-state index in [4.69, 9.17) is 5.11 Å². The van der Waals surface area contributed by atoms with E-state index in [9.17, 15) is 5.26 Å². The Kier molecular flexibility index (Phi) is 4.81. The third kappa shape index (κ3) is 3.26. The summed E-state index contributed by atoms with van der Waals surface area (Å²) in [5, 5.41) is 23.1. The molecule has 0 bridgehead atoms. The van der Waals surface area contributed by atoms with E-state index in [1.807, 2.05) is 32.2 Å². The smallest absolute Gasteiger partial charge is 0.147 e. The minimum atomic E-state index is 0.0932. The Morgan fingerprint density at radius 2 is 2.25 bits per heavy atom. The summed E-state index contributed by atoms with van der Waals surface area (Å²) in [5.41, 5.74) is 3.65. The molecule has 126 valence electrons. The van der Waals surface area contributed by atoms with Crippen LogP contribution in [0.5, 0.6) is 0 Å². The van der Waals surface area contributed by atoms with E-state index in [2.05, 4.69) is 21.1 Å². The molecule has 24 heavy (non-hydrogen) atoms. The summed E-state index contributed by atoms with van der Waals surface area (Å²) in [6.45, 7) is 6.28. The monoisotopic (exact) mass is 325 g/mol. The predicted octanol–water partition coefficient (Wildman–Crippen LogP) is 2.14. The van der Waals surface area contributed by atoms with Crippen molar-refractivity contribution < 1.29 is 5.11 Å². The molecule has 1 atom stereocenters. The number of hydrogen-bond acceptors (Lipinski definition) is 5. The van der Waals surface area contributed by atoms with E-state index in [1.54, 1.807) is 4.68 Å². The molecule has 1 aliphatic heterocycles. The molecule has 3 rings (SSSR count). The largest absolute Gasteiger partial charge is 0.394 e. The number of aromatic nitrogens is 3. The number of rotatable bonds is 4. The maximum Gasteiger partial charge on any atom is 0.147 e. The fraction of sp³-hybridized carbons (Fsp3) is 0.500. The van der Waals surface area contributed by atoms with Crippen LogP contribution < -0.4 is 4.90 Å². The molecule has 1 unspecified atom stereocenters. The number of pyridine rings is 1. The Hall–Kier alpha value is -2.39. The van der Waals surface area contributed by atoms with Gasteiger partial charge in [-0.3, -0.25) is 4.68 Å². The lowest BCUT2D eigenvalue weighted by Crippen LogP contribution is -2.36. The lowest BCUT2D eigenvalue weighted by Gasteiger charge is -2.33. The van der Waals surface area contributed by atoms with Crippen molar-refractivity contribution in [3.8, 4) is 6.07 Å². The van der Waals surface area contributed by atoms with Crippen LogP contribution in [0.4, 0.5) is 5.82 Å². The number of piperidine rings is 1. The average Bonchev–Trinajstić information content (AvgIpc) is 3.03. The molecule has 6 nitrogen and oxygen atoms in total. The molecular formula is C18H23N5O. The number of aliphatic hydroxyl groups is 1. The van der Waals surface area contributed by atoms with Crippen LogP contribution in [-0.2, 0) is 6.54 Å². The summed E-state index contributed by atoms with van der Waals surface area (Å²) in [6.07, 6.45) is 4.05. The van der Waals surface area contributed by atoms with Crippen molar-refractivity contribution in [2.24, 2.45) is 0 Å². The highest BCUT2D eigenvalue weighted by atomic mass is 16.3. The van der Waals surface area contributed by atoms with Crippen LogP contribution in [0.2, 0.25) is 0 Å². The minimum absolute atomic E-state index is 0.0932. The Balaban J connectivity index is 1.84. The van der Waals surface area contributed by atoms with Gasteiger partial charge in [0, 0.05) is 30.9 Å². The van der Waals surface area contributed by atoms with E-state index in [-0.39, 0.29) is 6.61 Å². The van der Waals surface area contributed by atoms with Crippen molar-refractivity contribution in [1.29, 1.82) is 5.26 Å². The zero-order valence-corrected chi connectivity index (χ0v) is 14.2. The zero-order chi connectivity index (χ0) is 17.1. The van der Waals surface area contributed by atoms with E-state index in [0.29, 0.717) is 18.0 Å². The van der Waals surface area contributed by atoms with Gasteiger partial charge in [-0.2, -0.15) is 10.4 Å². The topological polar surface area (TPSA) is 78.0 Å². The van der Waals surface area contributed by atoms with E-state index in [1.165, 1.54) is 0 Å². The Bertz CT molecular complexity index is 761. The van der Waals surface area contributed by atoms with Crippen molar-refractivity contribution in [2.45, 2.75) is 39.2 Å². The van der Waals surface area contributed by atoms with E-state index in [0.717, 1.165) is 48.7 Å². The van der Waals surface area contributed by atoms with Gasteiger partial charge >= 0.3 is 0 Å². The van der Waals surface area contributed by atoms with Crippen LogP contribution in [0, 0.1) is 25.2 Å². The third-order valence-corrected chi connectivity index (χ3v) is 4.57. The van der Waals surface area contributed by atoms with Gasteiger partial charge < -0.3 is 10.0 Å². The van der Waals surface area contributed by atoms with Gasteiger partial charge in [-0.25, -0.2) is 4.98 Å². The number of nitriles is 1. The normalized spacial score (nSPS) is 17.8. The standard InChI is InChI=1S/C18H23N5O/c1-13-10-14(2)20-18(16(13)11-19)22-6-3-4-15(12-22)17-5-7-23(21-17)8-9-24/h5,7,10,15,24H,3-4,6,8-9,12H2,1-2H3. The minimum Gasteiger partial charge on any atom is -0.394 e. The highest BCUT2D eigenvalue weighted by Gasteiger charge is 2.26. The highest BCUT2D eigenvalue weighted by Crippen LogP contribution is 2.31. The van der Waals surface area contributed by atoms with Crippen LogP contribution in [0.3, 0.4) is 0 Å². The van der Waals surface area contributed by atoms with Gasteiger partial charge in [0.2, 0.25) is 0 Å². The Labute approximate surface area is 142 Å². The molecule has 1 saturated heterocycles. The second-order valence-corrected chi connectivity index (χ2v) is 6.40. The number of aryl methyl sites for hydroxylation is 2. The fourth-order valence-corrected chi connectivity index (χ4v) is 3.42. The summed E-state index contributed by atoms with van der Waals surface area (Å²) in [5.74, 6) is 1.13. The molecule has 1 aliphatic rings. The van der Waals surface area contributed by atoms with Crippen molar-refractivity contribution in [1.82, 2.24) is 14.8 Å². The Morgan fingerprint density at radius 3 is 3.00 bits per heavy atom. The second-order valence-electron chi connectivity index (χ2n) is 6.40. The van der Waals surface area contributed by atoms with Crippen LogP contribution in [0.15, 0.2) is 18.3 Å². The first-order chi connectivity index (χ1) is 11.6. The molecule has 0 aliphatic carbocycles. The second kappa shape index (κ2) is 7.02. The first-order valence-electron chi connectivity index (χ1n) is 8.40. The molecule has 0 amide bonds. The zero-order valence-electron chi connectivity index (χ0n) is 14.2. The first kappa shape index (κ1) is 16.5. The van der Waals surface area contributed by atoms with Gasteiger partial charge in [-0.15, -0.1) is 0 Å². The van der Waals surface area contributed by atoms with Crippen molar-refractivity contribution >= 4 is 5.82 Å². The molecule has 2 aromatic heterocycles. The van der Waals surface area contributed by atoms with Crippen LogP contribution >= 0.6 is 0 Å². The Morgan fingerprint density at radius 1 is 1.42 bits per heavy atom. The third-order valence-electron chi connectivity index (χ3n) is 4.57. The summed E-state index contributed by atoms with van der Waals surface area (Å²) >= 11 is 0. The molecule has 2 aromatic rings. The number of aliphatic hydroxyl groups excluding tert-OH is 1. The summed E-state index contributed by atoms with van der Waals surface area (Å²) in [4.78, 5) is 6.86. The van der Waals surface area contributed by atoms with Crippen LogP contribution in [0.1, 0.15) is 41.3 Å². The molecule has 1 fully saturated rings. The maximum absolute atomic E-state index is 9.51. The van der Waals surface area contributed by atoms with Gasteiger partial charge in [0.15, 0.2) is 0 Å². The van der Waals surface area contributed by atoms with Gasteiger partial charge in [-0.05, 0) is 44.4 Å². The average molecular weight is 325 g/mol. The molecule has 0 spiro atoms. The number of hydrogen-bond donors (Lipinski definition) is 1. The van der Waals surface area contributed by atoms with Gasteiger partial charge in [0.25, 0.3) is 0 Å². The molecule has 6 heteroatoms. The molecule has 0 radical (unpaired) electrons. The SMILES string of the molecule is Cc1cc(C)c(C#N)c(N2CCCC(c3ccn(CCO)n3)C2)n1. The lowest BCUT2D eigenvalue weighted by molar-refractivity contribution is 0.268. The lowest BCUT2D eigenvalue weighted by atomic mass is 9.94. The number of nitrogens with zero attached hydrogens (tertiary/aromatic N) is 5. The molecule has 3 heterocycles. The van der Waals surface area contributed by atoms with E-state index < -0.39 is 0 Å². The molecule has 0 aromatic carbocycles. The summed E-state index contributed by atoms with van der Waals surface area (Å²) in [6, 6.07) is 6.30.